The lowest BCUT2D eigenvalue weighted by Gasteiger charge is -2.24. The van der Waals surface area contributed by atoms with Gasteiger partial charge in [-0.2, -0.15) is 0 Å². The van der Waals surface area contributed by atoms with Crippen LogP contribution in [-0.4, -0.2) is 49.1 Å². The van der Waals surface area contributed by atoms with Gasteiger partial charge in [0.25, 0.3) is 0 Å². The number of carboxylic acid groups (broad SMARTS) is 1. The van der Waals surface area contributed by atoms with Crippen LogP contribution in [0.25, 0.3) is 0 Å². The van der Waals surface area contributed by atoms with E-state index in [9.17, 15) is 4.79 Å². The third-order valence-corrected chi connectivity index (χ3v) is 3.15. The molecule has 0 saturated carbocycles. The van der Waals surface area contributed by atoms with Crippen molar-refractivity contribution in [3.63, 3.8) is 0 Å². The fourth-order valence-corrected chi connectivity index (χ4v) is 2.43. The number of aliphatic carboxylic acids is 1. The van der Waals surface area contributed by atoms with Gasteiger partial charge in [0.15, 0.2) is 0 Å². The van der Waals surface area contributed by atoms with E-state index in [0.29, 0.717) is 6.10 Å². The molecule has 0 aromatic heterocycles. The van der Waals surface area contributed by atoms with Crippen LogP contribution in [-0.2, 0) is 14.3 Å². The van der Waals surface area contributed by atoms with E-state index in [1.54, 1.807) is 0 Å². The first-order valence-electron chi connectivity index (χ1n) is 5.34. The number of rotatable bonds is 5. The minimum absolute atomic E-state index is 0.181. The molecule has 0 aromatic carbocycles. The van der Waals surface area contributed by atoms with Crippen LogP contribution in [0.4, 0.5) is 0 Å². The van der Waals surface area contributed by atoms with Gasteiger partial charge in [0, 0.05) is 13.2 Å². The highest BCUT2D eigenvalue weighted by molar-refractivity contribution is 5.73. The van der Waals surface area contributed by atoms with Crippen molar-refractivity contribution in [3.05, 3.63) is 0 Å². The van der Waals surface area contributed by atoms with Gasteiger partial charge in [-0.05, 0) is 19.3 Å². The van der Waals surface area contributed by atoms with Crippen LogP contribution in [0.2, 0.25) is 0 Å². The van der Waals surface area contributed by atoms with Gasteiger partial charge in [-0.25, -0.2) is 0 Å². The predicted molar refractivity (Wildman–Crippen MR) is 52.7 cm³/mol. The molecule has 0 aliphatic carbocycles. The third-order valence-electron chi connectivity index (χ3n) is 3.15. The summed E-state index contributed by atoms with van der Waals surface area (Å²) < 4.78 is 10.5. The molecule has 0 aromatic rings. The van der Waals surface area contributed by atoms with Crippen LogP contribution in [0.3, 0.4) is 0 Å². The second-order valence-electron chi connectivity index (χ2n) is 4.23. The molecule has 5 nitrogen and oxygen atoms in total. The average molecular weight is 215 g/mol. The Morgan fingerprint density at radius 1 is 1.67 bits per heavy atom. The predicted octanol–water partition coefficient (Wildman–Crippen LogP) is -0.00450. The molecule has 2 fully saturated rings. The quantitative estimate of drug-likeness (QED) is 0.675. The molecule has 4 atom stereocenters. The molecule has 2 saturated heterocycles. The standard InChI is InChI=1S/C10H17NO4/c1-14-5-8(10(12)13)11-7-4-6-2-3-9(7)15-6/h6-9,11H,2-5H2,1H3,(H,12,13). The van der Waals surface area contributed by atoms with Crippen LogP contribution in [0.15, 0.2) is 0 Å². The van der Waals surface area contributed by atoms with E-state index in [0.717, 1.165) is 19.3 Å². The summed E-state index contributed by atoms with van der Waals surface area (Å²) >= 11 is 0. The molecule has 2 aliphatic rings. The van der Waals surface area contributed by atoms with Crippen LogP contribution in [0.1, 0.15) is 19.3 Å². The Morgan fingerprint density at radius 3 is 2.93 bits per heavy atom. The number of ether oxygens (including phenoxy) is 2. The highest BCUT2D eigenvalue weighted by Crippen LogP contribution is 2.34. The Balaban J connectivity index is 1.86. The summed E-state index contributed by atoms with van der Waals surface area (Å²) in [6.45, 7) is 0.198. The van der Waals surface area contributed by atoms with Gasteiger partial charge >= 0.3 is 5.97 Å². The summed E-state index contributed by atoms with van der Waals surface area (Å²) in [5, 5.41) is 12.0. The van der Waals surface area contributed by atoms with Crippen molar-refractivity contribution >= 4 is 5.97 Å². The molecule has 0 spiro atoms. The molecular formula is C10H17NO4. The Bertz CT molecular complexity index is 246. The third kappa shape index (κ3) is 2.30. The monoisotopic (exact) mass is 215 g/mol. The van der Waals surface area contributed by atoms with Crippen LogP contribution >= 0.6 is 0 Å². The van der Waals surface area contributed by atoms with Crippen molar-refractivity contribution < 1.29 is 19.4 Å². The summed E-state index contributed by atoms with van der Waals surface area (Å²) in [5.74, 6) is -0.861. The largest absolute Gasteiger partial charge is 0.480 e. The summed E-state index contributed by atoms with van der Waals surface area (Å²) in [5.41, 5.74) is 0. The molecule has 4 unspecified atom stereocenters. The van der Waals surface area contributed by atoms with Crippen molar-refractivity contribution in [2.45, 2.75) is 43.6 Å². The molecule has 86 valence electrons. The number of carboxylic acids is 1. The van der Waals surface area contributed by atoms with Crippen LogP contribution < -0.4 is 5.32 Å². The first-order chi connectivity index (χ1) is 7.20. The Hall–Kier alpha value is -0.650. The lowest BCUT2D eigenvalue weighted by atomic mass is 9.95. The van der Waals surface area contributed by atoms with Gasteiger partial charge in [-0.1, -0.05) is 0 Å². The second kappa shape index (κ2) is 4.47. The number of hydrogen-bond acceptors (Lipinski definition) is 4. The maximum Gasteiger partial charge on any atom is 0.323 e. The highest BCUT2D eigenvalue weighted by atomic mass is 16.5. The lowest BCUT2D eigenvalue weighted by Crippen LogP contribution is -2.49. The second-order valence-corrected chi connectivity index (χ2v) is 4.23. The SMILES string of the molecule is COCC(NC1CC2CCC1O2)C(=O)O. The van der Waals surface area contributed by atoms with Gasteiger partial charge in [0.1, 0.15) is 6.04 Å². The number of methoxy groups -OCH3 is 1. The molecule has 5 heteroatoms. The number of carbonyl (C=O) groups is 1. The molecule has 2 bridgehead atoms. The van der Waals surface area contributed by atoms with Gasteiger partial charge in [-0.15, -0.1) is 0 Å². The normalized spacial score (nSPS) is 35.7. The topological polar surface area (TPSA) is 67.8 Å². The fraction of sp³-hybridized carbons (Fsp3) is 0.900. The van der Waals surface area contributed by atoms with E-state index in [-0.39, 0.29) is 18.8 Å². The zero-order valence-corrected chi connectivity index (χ0v) is 8.81. The molecule has 2 N–H and O–H groups in total. The van der Waals surface area contributed by atoms with Crippen LogP contribution in [0, 0.1) is 0 Å². The van der Waals surface area contributed by atoms with Crippen molar-refractivity contribution in [3.8, 4) is 0 Å². The Labute approximate surface area is 88.7 Å². The number of fused-ring (bicyclic) bond motifs is 2. The molecule has 0 amide bonds. The van der Waals surface area contributed by atoms with Gasteiger partial charge in [0.05, 0.1) is 18.8 Å². The van der Waals surface area contributed by atoms with Crippen molar-refractivity contribution in [1.29, 1.82) is 0 Å². The maximum absolute atomic E-state index is 10.9. The minimum Gasteiger partial charge on any atom is -0.480 e. The summed E-state index contributed by atoms with van der Waals surface area (Å²) in [4.78, 5) is 10.9. The molecule has 2 aliphatic heterocycles. The molecule has 0 radical (unpaired) electrons. The van der Waals surface area contributed by atoms with Gasteiger partial charge in [0.2, 0.25) is 0 Å². The fourth-order valence-electron chi connectivity index (χ4n) is 2.43. The summed E-state index contributed by atoms with van der Waals surface area (Å²) in [6.07, 6.45) is 3.63. The van der Waals surface area contributed by atoms with E-state index >= 15 is 0 Å². The van der Waals surface area contributed by atoms with Gasteiger partial charge < -0.3 is 14.6 Å². The first kappa shape index (κ1) is 10.9. The van der Waals surface area contributed by atoms with Gasteiger partial charge in [-0.3, -0.25) is 10.1 Å². The van der Waals surface area contributed by atoms with E-state index < -0.39 is 12.0 Å². The van der Waals surface area contributed by atoms with E-state index in [1.165, 1.54) is 7.11 Å². The zero-order valence-electron chi connectivity index (χ0n) is 8.81. The van der Waals surface area contributed by atoms with E-state index in [1.807, 2.05) is 0 Å². The maximum atomic E-state index is 10.9. The summed E-state index contributed by atoms with van der Waals surface area (Å²) in [6, 6.07) is -0.442. The smallest absolute Gasteiger partial charge is 0.323 e. The average Bonchev–Trinajstić information content (AvgIpc) is 2.78. The minimum atomic E-state index is -0.861. The number of nitrogens with one attached hydrogen (secondary N) is 1. The molecule has 2 rings (SSSR count). The molecule has 2 heterocycles. The van der Waals surface area contributed by atoms with E-state index in [2.05, 4.69) is 5.32 Å². The Morgan fingerprint density at radius 2 is 2.47 bits per heavy atom. The molecular weight excluding hydrogens is 198 g/mol. The van der Waals surface area contributed by atoms with Crippen molar-refractivity contribution in [1.82, 2.24) is 5.32 Å². The van der Waals surface area contributed by atoms with Crippen molar-refractivity contribution in [2.75, 3.05) is 13.7 Å². The Kier molecular flexibility index (Phi) is 3.23. The van der Waals surface area contributed by atoms with Crippen molar-refractivity contribution in [2.24, 2.45) is 0 Å². The molecule has 15 heavy (non-hydrogen) atoms. The highest BCUT2D eigenvalue weighted by Gasteiger charge is 2.42. The lowest BCUT2D eigenvalue weighted by molar-refractivity contribution is -0.141. The summed E-state index contributed by atoms with van der Waals surface area (Å²) in [7, 11) is 1.51. The zero-order chi connectivity index (χ0) is 10.8. The first-order valence-corrected chi connectivity index (χ1v) is 5.34. The van der Waals surface area contributed by atoms with E-state index in [4.69, 9.17) is 14.6 Å². The van der Waals surface area contributed by atoms with Crippen LogP contribution in [0.5, 0.6) is 0 Å². The number of hydrogen-bond donors (Lipinski definition) is 2.